The van der Waals surface area contributed by atoms with E-state index in [1.165, 1.54) is 25.5 Å². The highest BCUT2D eigenvalue weighted by Gasteiger charge is 2.45. The summed E-state index contributed by atoms with van der Waals surface area (Å²) < 4.78 is 23.3. The van der Waals surface area contributed by atoms with Gasteiger partial charge in [0.2, 0.25) is 5.91 Å². The number of sulfone groups is 1. The van der Waals surface area contributed by atoms with E-state index in [1.54, 1.807) is 0 Å². The monoisotopic (exact) mass is 540 g/mol. The molecule has 1 heterocycles. The van der Waals surface area contributed by atoms with E-state index in [2.05, 4.69) is 15.6 Å². The molecule has 2 aliphatic carbocycles. The number of likely N-dealkylation sites (tertiary alicyclic amines) is 1. The van der Waals surface area contributed by atoms with Gasteiger partial charge in [0.25, 0.3) is 0 Å². The van der Waals surface area contributed by atoms with Crippen molar-refractivity contribution in [2.45, 2.75) is 64.3 Å². The topological polar surface area (TPSA) is 90.9 Å². The van der Waals surface area contributed by atoms with Crippen LogP contribution in [0, 0.1) is 11.3 Å². The van der Waals surface area contributed by atoms with Crippen LogP contribution in [0.3, 0.4) is 0 Å². The Bertz CT molecular complexity index is 688. The Morgan fingerprint density at radius 1 is 1.17 bits per heavy atom. The van der Waals surface area contributed by atoms with Gasteiger partial charge in [-0.15, -0.1) is 24.0 Å². The lowest BCUT2D eigenvalue weighted by atomic mass is 9.88. The Balaban J connectivity index is 0.00000300. The smallest absolute Gasteiger partial charge is 0.225 e. The van der Waals surface area contributed by atoms with Crippen molar-refractivity contribution >= 4 is 45.7 Å². The molecule has 168 valence electrons. The molecular formula is C20H37IN4O3S. The first-order chi connectivity index (χ1) is 13.3. The average molecular weight is 541 g/mol. The van der Waals surface area contributed by atoms with Crippen LogP contribution in [0.15, 0.2) is 4.99 Å². The molecule has 1 amide bonds. The van der Waals surface area contributed by atoms with Crippen molar-refractivity contribution in [3.63, 3.8) is 0 Å². The summed E-state index contributed by atoms with van der Waals surface area (Å²) >= 11 is 0. The number of carbonyl (C=O) groups is 1. The quantitative estimate of drug-likeness (QED) is 0.294. The maximum Gasteiger partial charge on any atom is 0.225 e. The molecule has 2 saturated carbocycles. The Morgan fingerprint density at radius 2 is 1.86 bits per heavy atom. The van der Waals surface area contributed by atoms with Gasteiger partial charge in [0, 0.05) is 49.8 Å². The van der Waals surface area contributed by atoms with Gasteiger partial charge in [-0.25, -0.2) is 8.42 Å². The van der Waals surface area contributed by atoms with Gasteiger partial charge < -0.3 is 15.5 Å². The fraction of sp³-hybridized carbons (Fsp3) is 0.900. The zero-order valence-electron chi connectivity index (χ0n) is 17.8. The highest BCUT2D eigenvalue weighted by atomic mass is 127. The molecule has 0 spiro atoms. The number of amides is 1. The Kier molecular flexibility index (Phi) is 9.05. The van der Waals surface area contributed by atoms with Crippen molar-refractivity contribution in [1.29, 1.82) is 0 Å². The number of nitrogens with one attached hydrogen (secondary N) is 2. The van der Waals surface area contributed by atoms with Crippen molar-refractivity contribution in [1.82, 2.24) is 15.5 Å². The predicted octanol–water partition coefficient (Wildman–Crippen LogP) is 2.17. The number of nitrogens with zero attached hydrogens (tertiary/aromatic N) is 2. The molecule has 0 aromatic heterocycles. The number of carbonyl (C=O) groups excluding carboxylic acids is 1. The van der Waals surface area contributed by atoms with Crippen LogP contribution in [0.4, 0.5) is 0 Å². The molecule has 2 N–H and O–H groups in total. The number of hydrogen-bond donors (Lipinski definition) is 2. The molecule has 0 aromatic carbocycles. The van der Waals surface area contributed by atoms with Crippen LogP contribution in [0.1, 0.15) is 58.3 Å². The van der Waals surface area contributed by atoms with Crippen LogP contribution < -0.4 is 10.6 Å². The van der Waals surface area contributed by atoms with Gasteiger partial charge in [0.05, 0.1) is 5.75 Å². The van der Waals surface area contributed by atoms with Crippen LogP contribution >= 0.6 is 24.0 Å². The molecule has 3 rings (SSSR count). The molecule has 3 aliphatic rings. The second kappa shape index (κ2) is 10.6. The minimum Gasteiger partial charge on any atom is -0.357 e. The summed E-state index contributed by atoms with van der Waals surface area (Å²) in [5.74, 6) is 1.51. The van der Waals surface area contributed by atoms with Gasteiger partial charge in [-0.05, 0) is 39.0 Å². The summed E-state index contributed by atoms with van der Waals surface area (Å²) in [6.07, 6.45) is 9.79. The van der Waals surface area contributed by atoms with Gasteiger partial charge in [-0.1, -0.05) is 19.3 Å². The molecule has 0 radical (unpaired) electrons. The average Bonchev–Trinajstić information content (AvgIpc) is 3.23. The van der Waals surface area contributed by atoms with E-state index in [1.807, 2.05) is 11.8 Å². The van der Waals surface area contributed by atoms with E-state index in [-0.39, 0.29) is 47.1 Å². The number of rotatable bonds is 7. The van der Waals surface area contributed by atoms with E-state index >= 15 is 0 Å². The zero-order valence-corrected chi connectivity index (χ0v) is 20.9. The number of halogens is 1. The van der Waals surface area contributed by atoms with E-state index < -0.39 is 9.84 Å². The number of guanidine groups is 1. The molecule has 1 atom stereocenters. The van der Waals surface area contributed by atoms with Crippen molar-refractivity contribution in [3.8, 4) is 0 Å². The second-order valence-electron chi connectivity index (χ2n) is 9.01. The fourth-order valence-electron chi connectivity index (χ4n) is 4.53. The minimum atomic E-state index is -2.98. The maximum atomic E-state index is 12.8. The molecule has 1 aliphatic heterocycles. The third-order valence-corrected chi connectivity index (χ3v) is 7.37. The van der Waals surface area contributed by atoms with Crippen LogP contribution in [-0.2, 0) is 14.6 Å². The summed E-state index contributed by atoms with van der Waals surface area (Å²) in [6.45, 7) is 4.85. The molecule has 29 heavy (non-hydrogen) atoms. The molecule has 0 bridgehead atoms. The van der Waals surface area contributed by atoms with E-state index in [0.717, 1.165) is 57.7 Å². The highest BCUT2D eigenvalue weighted by Crippen LogP contribution is 2.46. The summed E-state index contributed by atoms with van der Waals surface area (Å²) in [4.78, 5) is 19.4. The summed E-state index contributed by atoms with van der Waals surface area (Å²) in [6, 6.07) is 0.204. The predicted molar refractivity (Wildman–Crippen MR) is 127 cm³/mol. The Hall–Kier alpha value is -0.580. The third kappa shape index (κ3) is 7.56. The normalized spacial score (nSPS) is 24.7. The molecule has 9 heteroatoms. The van der Waals surface area contributed by atoms with E-state index in [9.17, 15) is 13.2 Å². The zero-order chi connectivity index (χ0) is 20.2. The summed E-state index contributed by atoms with van der Waals surface area (Å²) in [7, 11) is -2.98. The van der Waals surface area contributed by atoms with E-state index in [4.69, 9.17) is 0 Å². The van der Waals surface area contributed by atoms with Crippen LogP contribution in [-0.4, -0.2) is 69.4 Å². The van der Waals surface area contributed by atoms with Crippen molar-refractivity contribution in [2.75, 3.05) is 38.2 Å². The Labute approximate surface area is 192 Å². The lowest BCUT2D eigenvalue weighted by Crippen LogP contribution is -2.46. The molecule has 7 nitrogen and oxygen atoms in total. The van der Waals surface area contributed by atoms with Gasteiger partial charge >= 0.3 is 0 Å². The second-order valence-corrected chi connectivity index (χ2v) is 11.2. The van der Waals surface area contributed by atoms with Crippen molar-refractivity contribution in [3.05, 3.63) is 0 Å². The van der Waals surface area contributed by atoms with E-state index in [0.29, 0.717) is 12.5 Å². The van der Waals surface area contributed by atoms with Crippen LogP contribution in [0.5, 0.6) is 0 Å². The SMILES string of the molecule is CCNC(=NCC1(CS(C)(=O)=O)CC1)NC1CCN(C(=O)C2CCCCC2)C1.I. The van der Waals surface area contributed by atoms with Crippen LogP contribution in [0.25, 0.3) is 0 Å². The maximum absolute atomic E-state index is 12.8. The first-order valence-electron chi connectivity index (χ1n) is 10.8. The third-order valence-electron chi connectivity index (χ3n) is 6.24. The van der Waals surface area contributed by atoms with Crippen molar-refractivity contribution < 1.29 is 13.2 Å². The molecule has 3 fully saturated rings. The fourth-order valence-corrected chi connectivity index (χ4v) is 6.02. The van der Waals surface area contributed by atoms with Gasteiger partial charge in [-0.3, -0.25) is 9.79 Å². The molecule has 1 saturated heterocycles. The Morgan fingerprint density at radius 3 is 2.45 bits per heavy atom. The van der Waals surface area contributed by atoms with Gasteiger partial charge in [-0.2, -0.15) is 0 Å². The summed E-state index contributed by atoms with van der Waals surface area (Å²) in [5.41, 5.74) is -0.172. The first-order valence-corrected chi connectivity index (χ1v) is 12.9. The highest BCUT2D eigenvalue weighted by molar-refractivity contribution is 14.0. The van der Waals surface area contributed by atoms with Gasteiger partial charge in [0.15, 0.2) is 5.96 Å². The first kappa shape index (κ1) is 24.7. The summed E-state index contributed by atoms with van der Waals surface area (Å²) in [5, 5.41) is 6.73. The van der Waals surface area contributed by atoms with Gasteiger partial charge in [0.1, 0.15) is 9.84 Å². The lowest BCUT2D eigenvalue weighted by molar-refractivity contribution is -0.135. The minimum absolute atomic E-state index is 0. The number of hydrogen-bond acceptors (Lipinski definition) is 4. The molecular weight excluding hydrogens is 503 g/mol. The lowest BCUT2D eigenvalue weighted by Gasteiger charge is -2.26. The van der Waals surface area contributed by atoms with Crippen LogP contribution in [0.2, 0.25) is 0 Å². The van der Waals surface area contributed by atoms with Crippen molar-refractivity contribution in [2.24, 2.45) is 16.3 Å². The molecule has 0 aromatic rings. The largest absolute Gasteiger partial charge is 0.357 e. The standard InChI is InChI=1S/C20H36N4O3S.HI/c1-3-21-19(22-14-20(10-11-20)15-28(2,26)27)23-17-9-12-24(13-17)18(25)16-7-5-4-6-8-16;/h16-17H,3-15H2,1-2H3,(H2,21,22,23);1H. The molecule has 1 unspecified atom stereocenters. The number of aliphatic imine (C=N–C) groups is 1.